The lowest BCUT2D eigenvalue weighted by molar-refractivity contribution is 0.122. The second-order valence-electron chi connectivity index (χ2n) is 4.71. The molecular weight excluding hydrogens is 319 g/mol. The van der Waals surface area contributed by atoms with E-state index in [-0.39, 0.29) is 24.0 Å². The van der Waals surface area contributed by atoms with Gasteiger partial charge in [0.2, 0.25) is 10.0 Å². The molecule has 2 rings (SSSR count). The fraction of sp³-hybridized carbons (Fsp3) is 0.538. The van der Waals surface area contributed by atoms with Gasteiger partial charge >= 0.3 is 0 Å². The van der Waals surface area contributed by atoms with E-state index in [0.717, 1.165) is 0 Å². The minimum atomic E-state index is -3.40. The fourth-order valence-electron chi connectivity index (χ4n) is 2.09. The normalized spacial score (nSPS) is 16.2. The van der Waals surface area contributed by atoms with Gasteiger partial charge in [-0.1, -0.05) is 6.07 Å². The Morgan fingerprint density at radius 1 is 1.33 bits per heavy atom. The summed E-state index contributed by atoms with van der Waals surface area (Å²) in [6.45, 7) is 2.52. The molecule has 0 aliphatic carbocycles. The van der Waals surface area contributed by atoms with E-state index in [1.165, 1.54) is 6.07 Å². The molecule has 1 fully saturated rings. The molecule has 1 aliphatic heterocycles. The van der Waals surface area contributed by atoms with Crippen LogP contribution in [0.5, 0.6) is 0 Å². The first-order valence-electron chi connectivity index (χ1n) is 6.66. The summed E-state index contributed by atoms with van der Waals surface area (Å²) >= 11 is 5.40. The maximum absolute atomic E-state index is 14.1. The second kappa shape index (κ2) is 7.40. The number of benzene rings is 1. The molecule has 0 spiro atoms. The lowest BCUT2D eigenvalue weighted by Crippen LogP contribution is -2.36. The van der Waals surface area contributed by atoms with Crippen LogP contribution in [0.4, 0.5) is 10.1 Å². The number of halogens is 2. The highest BCUT2D eigenvalue weighted by Gasteiger charge is 2.16. The van der Waals surface area contributed by atoms with Crippen molar-refractivity contribution in [1.82, 2.24) is 4.72 Å². The zero-order chi connectivity index (χ0) is 15.3. The summed E-state index contributed by atoms with van der Waals surface area (Å²) in [5, 5.41) is 0. The van der Waals surface area contributed by atoms with Crippen LogP contribution in [-0.4, -0.2) is 46.4 Å². The van der Waals surface area contributed by atoms with Gasteiger partial charge in [-0.2, -0.15) is 0 Å². The molecule has 1 saturated heterocycles. The maximum atomic E-state index is 14.1. The average Bonchev–Trinajstić information content (AvgIpc) is 2.46. The van der Waals surface area contributed by atoms with E-state index in [2.05, 4.69) is 4.72 Å². The number of alkyl halides is 1. The van der Waals surface area contributed by atoms with Gasteiger partial charge in [0.05, 0.1) is 24.7 Å². The van der Waals surface area contributed by atoms with Crippen LogP contribution < -0.4 is 9.62 Å². The Hall–Kier alpha value is -0.890. The lowest BCUT2D eigenvalue weighted by atomic mass is 10.2. The van der Waals surface area contributed by atoms with Crippen molar-refractivity contribution in [3.8, 4) is 0 Å². The Labute approximate surface area is 129 Å². The van der Waals surface area contributed by atoms with Gasteiger partial charge in [-0.25, -0.2) is 17.5 Å². The first-order valence-corrected chi connectivity index (χ1v) is 8.85. The summed E-state index contributed by atoms with van der Waals surface area (Å²) in [5.74, 6) is -0.478. The highest BCUT2D eigenvalue weighted by atomic mass is 35.5. The Balaban J connectivity index is 2.01. The number of nitrogens with one attached hydrogen (secondary N) is 1. The molecule has 0 radical (unpaired) electrons. The van der Waals surface area contributed by atoms with Gasteiger partial charge < -0.3 is 9.64 Å². The minimum Gasteiger partial charge on any atom is -0.378 e. The predicted octanol–water partition coefficient (Wildman–Crippen LogP) is 1.32. The number of nitrogens with zero attached hydrogens (tertiary/aromatic N) is 1. The molecule has 0 saturated carbocycles. The fourth-order valence-corrected chi connectivity index (χ4v) is 3.43. The second-order valence-corrected chi connectivity index (χ2v) is 7.02. The average molecular weight is 337 g/mol. The quantitative estimate of drug-likeness (QED) is 0.796. The Kier molecular flexibility index (Phi) is 5.80. The predicted molar refractivity (Wildman–Crippen MR) is 80.8 cm³/mol. The molecule has 0 atom stereocenters. The topological polar surface area (TPSA) is 58.6 Å². The van der Waals surface area contributed by atoms with Crippen molar-refractivity contribution in [2.75, 3.05) is 42.8 Å². The van der Waals surface area contributed by atoms with E-state index < -0.39 is 10.0 Å². The summed E-state index contributed by atoms with van der Waals surface area (Å²) in [5.41, 5.74) is 1.09. The van der Waals surface area contributed by atoms with E-state index >= 15 is 0 Å². The van der Waals surface area contributed by atoms with Crippen LogP contribution in [0.2, 0.25) is 0 Å². The van der Waals surface area contributed by atoms with E-state index in [1.807, 2.05) is 4.90 Å². The number of rotatable bonds is 6. The van der Waals surface area contributed by atoms with E-state index in [0.29, 0.717) is 37.6 Å². The van der Waals surface area contributed by atoms with Crippen molar-refractivity contribution in [2.45, 2.75) is 6.54 Å². The highest BCUT2D eigenvalue weighted by Crippen LogP contribution is 2.21. The van der Waals surface area contributed by atoms with E-state index in [1.54, 1.807) is 12.1 Å². The summed E-state index contributed by atoms with van der Waals surface area (Å²) in [6, 6.07) is 4.75. The standard InChI is InChI=1S/C13H18ClFN2O3S/c14-3-8-21(18,19)16-10-11-1-2-13(12(15)9-11)17-4-6-20-7-5-17/h1-2,9,16H,3-8,10H2. The third kappa shape index (κ3) is 4.81. The molecule has 0 unspecified atom stereocenters. The van der Waals surface area contributed by atoms with Crippen LogP contribution in [0.15, 0.2) is 18.2 Å². The van der Waals surface area contributed by atoms with Crippen LogP contribution in [0.25, 0.3) is 0 Å². The van der Waals surface area contributed by atoms with Crippen LogP contribution >= 0.6 is 11.6 Å². The summed E-state index contributed by atoms with van der Waals surface area (Å²) in [6.07, 6.45) is 0. The maximum Gasteiger partial charge on any atom is 0.213 e. The van der Waals surface area contributed by atoms with Gasteiger partial charge in [0.15, 0.2) is 0 Å². The monoisotopic (exact) mass is 336 g/mol. The molecule has 5 nitrogen and oxygen atoms in total. The molecule has 1 aliphatic rings. The van der Waals surface area contributed by atoms with E-state index in [9.17, 15) is 12.8 Å². The molecular formula is C13H18ClFN2O3S. The largest absolute Gasteiger partial charge is 0.378 e. The molecule has 1 aromatic carbocycles. The van der Waals surface area contributed by atoms with Gasteiger partial charge in [0.25, 0.3) is 0 Å². The number of hydrogen-bond acceptors (Lipinski definition) is 4. The molecule has 0 amide bonds. The number of hydrogen-bond donors (Lipinski definition) is 1. The molecule has 1 heterocycles. The lowest BCUT2D eigenvalue weighted by Gasteiger charge is -2.29. The van der Waals surface area contributed by atoms with Gasteiger partial charge in [0.1, 0.15) is 5.82 Å². The smallest absolute Gasteiger partial charge is 0.213 e. The summed E-state index contributed by atoms with van der Waals surface area (Å²) in [4.78, 5) is 1.92. The van der Waals surface area contributed by atoms with Crippen LogP contribution in [0.1, 0.15) is 5.56 Å². The Morgan fingerprint density at radius 3 is 2.67 bits per heavy atom. The Morgan fingerprint density at radius 2 is 2.05 bits per heavy atom. The zero-order valence-corrected chi connectivity index (χ0v) is 13.1. The third-order valence-corrected chi connectivity index (χ3v) is 4.94. The zero-order valence-electron chi connectivity index (χ0n) is 11.5. The first-order chi connectivity index (χ1) is 10.0. The summed E-state index contributed by atoms with van der Waals surface area (Å²) < 4.78 is 44.7. The number of morpholine rings is 1. The van der Waals surface area contributed by atoms with Gasteiger partial charge in [-0.3, -0.25) is 0 Å². The molecule has 1 aromatic rings. The van der Waals surface area contributed by atoms with Crippen molar-refractivity contribution in [1.29, 1.82) is 0 Å². The molecule has 21 heavy (non-hydrogen) atoms. The molecule has 1 N–H and O–H groups in total. The molecule has 0 aromatic heterocycles. The SMILES string of the molecule is O=S(=O)(CCCl)NCc1ccc(N2CCOCC2)c(F)c1. The number of ether oxygens (including phenoxy) is 1. The van der Waals surface area contributed by atoms with Crippen molar-refractivity contribution in [3.05, 3.63) is 29.6 Å². The van der Waals surface area contributed by atoms with Gasteiger partial charge in [-0.05, 0) is 17.7 Å². The third-order valence-electron chi connectivity index (χ3n) is 3.21. The van der Waals surface area contributed by atoms with Crippen molar-refractivity contribution in [3.63, 3.8) is 0 Å². The van der Waals surface area contributed by atoms with Crippen molar-refractivity contribution >= 4 is 27.3 Å². The van der Waals surface area contributed by atoms with Crippen LogP contribution in [0.3, 0.4) is 0 Å². The molecule has 118 valence electrons. The van der Waals surface area contributed by atoms with Crippen molar-refractivity contribution in [2.24, 2.45) is 0 Å². The van der Waals surface area contributed by atoms with Gasteiger partial charge in [0, 0.05) is 25.5 Å². The number of sulfonamides is 1. The van der Waals surface area contributed by atoms with Crippen LogP contribution in [0, 0.1) is 5.82 Å². The summed E-state index contributed by atoms with van der Waals surface area (Å²) in [7, 11) is -3.40. The van der Waals surface area contributed by atoms with Gasteiger partial charge in [-0.15, -0.1) is 11.6 Å². The van der Waals surface area contributed by atoms with Crippen LogP contribution in [-0.2, 0) is 21.3 Å². The first kappa shape index (κ1) is 16.5. The minimum absolute atomic E-state index is 0.0274. The highest BCUT2D eigenvalue weighted by molar-refractivity contribution is 7.89. The van der Waals surface area contributed by atoms with E-state index in [4.69, 9.17) is 16.3 Å². The molecule has 0 bridgehead atoms. The Bertz CT molecular complexity index is 577. The van der Waals surface area contributed by atoms with Crippen molar-refractivity contribution < 1.29 is 17.5 Å². The number of anilines is 1. The molecule has 8 heteroatoms.